The maximum atomic E-state index is 12.2. The Morgan fingerprint density at radius 3 is 2.70 bits per heavy atom. The number of rotatable bonds is 4. The number of aromatic carboxylic acids is 1. The molecular formula is C9H7ClN4O4S2. The molecule has 0 saturated carbocycles. The molecule has 0 spiro atoms. The van der Waals surface area contributed by atoms with E-state index in [2.05, 4.69) is 19.5 Å². The van der Waals surface area contributed by atoms with Gasteiger partial charge in [0.05, 0.1) is 10.5 Å². The topological polar surface area (TPSA) is 122 Å². The van der Waals surface area contributed by atoms with Crippen molar-refractivity contribution in [3.05, 3.63) is 28.3 Å². The predicted molar refractivity (Wildman–Crippen MR) is 71.7 cm³/mol. The van der Waals surface area contributed by atoms with Crippen LogP contribution in [0.15, 0.2) is 17.0 Å². The SMILES string of the molecule is Cc1c(C(=O)O)cc(Cl)cc1S(=O)(=O)Nc1nnns1. The molecule has 106 valence electrons. The Labute approximate surface area is 122 Å². The summed E-state index contributed by atoms with van der Waals surface area (Å²) in [6.45, 7) is 1.38. The molecule has 1 heterocycles. The second kappa shape index (κ2) is 5.31. The van der Waals surface area contributed by atoms with Crippen molar-refractivity contribution in [1.82, 2.24) is 14.8 Å². The van der Waals surface area contributed by atoms with Crippen molar-refractivity contribution in [1.29, 1.82) is 0 Å². The molecule has 2 aromatic rings. The zero-order valence-corrected chi connectivity index (χ0v) is 12.3. The molecular weight excluding hydrogens is 328 g/mol. The summed E-state index contributed by atoms with van der Waals surface area (Å²) >= 11 is 6.51. The third-order valence-corrected chi connectivity index (χ3v) is 4.69. The monoisotopic (exact) mass is 334 g/mol. The average molecular weight is 335 g/mol. The second-order valence-corrected chi connectivity index (χ2v) is 6.47. The first-order valence-corrected chi connectivity index (χ1v) is 7.66. The number of halogens is 1. The van der Waals surface area contributed by atoms with Crippen molar-refractivity contribution in [3.63, 3.8) is 0 Å². The van der Waals surface area contributed by atoms with E-state index in [0.717, 1.165) is 11.5 Å². The molecule has 0 bridgehead atoms. The number of carboxylic acid groups (broad SMARTS) is 1. The van der Waals surface area contributed by atoms with Gasteiger partial charge in [-0.15, -0.1) is 0 Å². The van der Waals surface area contributed by atoms with Crippen molar-refractivity contribution in [3.8, 4) is 0 Å². The van der Waals surface area contributed by atoms with Gasteiger partial charge in [-0.3, -0.25) is 4.72 Å². The molecule has 0 amide bonds. The van der Waals surface area contributed by atoms with Crippen molar-refractivity contribution in [2.75, 3.05) is 4.72 Å². The van der Waals surface area contributed by atoms with Crippen LogP contribution in [0.1, 0.15) is 15.9 Å². The lowest BCUT2D eigenvalue weighted by atomic mass is 10.1. The highest BCUT2D eigenvalue weighted by Gasteiger charge is 2.23. The minimum Gasteiger partial charge on any atom is -0.478 e. The van der Waals surface area contributed by atoms with Crippen LogP contribution in [0.5, 0.6) is 0 Å². The molecule has 0 unspecified atom stereocenters. The fraction of sp³-hybridized carbons (Fsp3) is 0.111. The number of hydrogen-bond acceptors (Lipinski definition) is 7. The van der Waals surface area contributed by atoms with E-state index in [4.69, 9.17) is 16.7 Å². The molecule has 11 heteroatoms. The van der Waals surface area contributed by atoms with Crippen LogP contribution in [0, 0.1) is 6.92 Å². The van der Waals surface area contributed by atoms with Gasteiger partial charge >= 0.3 is 5.97 Å². The fourth-order valence-electron chi connectivity index (χ4n) is 1.50. The lowest BCUT2D eigenvalue weighted by Gasteiger charge is -2.10. The Kier molecular flexibility index (Phi) is 3.88. The molecule has 8 nitrogen and oxygen atoms in total. The Morgan fingerprint density at radius 2 is 2.15 bits per heavy atom. The zero-order chi connectivity index (χ0) is 14.9. The highest BCUT2D eigenvalue weighted by atomic mass is 35.5. The normalized spacial score (nSPS) is 11.3. The number of nitrogens with zero attached hydrogens (tertiary/aromatic N) is 3. The van der Waals surface area contributed by atoms with Gasteiger partial charge in [-0.1, -0.05) is 21.2 Å². The van der Waals surface area contributed by atoms with Crippen LogP contribution in [-0.2, 0) is 10.0 Å². The van der Waals surface area contributed by atoms with Crippen molar-refractivity contribution >= 4 is 44.3 Å². The smallest absolute Gasteiger partial charge is 0.336 e. The van der Waals surface area contributed by atoms with Crippen LogP contribution in [0.4, 0.5) is 5.13 Å². The van der Waals surface area contributed by atoms with Crippen LogP contribution in [0.2, 0.25) is 5.02 Å². The molecule has 1 aromatic heterocycles. The fourth-order valence-corrected chi connectivity index (χ4v) is 3.66. The quantitative estimate of drug-likeness (QED) is 0.866. The average Bonchev–Trinajstić information content (AvgIpc) is 2.83. The molecule has 0 saturated heterocycles. The molecule has 0 fully saturated rings. The van der Waals surface area contributed by atoms with E-state index in [0.29, 0.717) is 0 Å². The van der Waals surface area contributed by atoms with Crippen molar-refractivity contribution < 1.29 is 18.3 Å². The second-order valence-electron chi connectivity index (χ2n) is 3.65. The van der Waals surface area contributed by atoms with Crippen LogP contribution in [0.25, 0.3) is 0 Å². The summed E-state index contributed by atoms with van der Waals surface area (Å²) in [5.74, 6) is -1.26. The third-order valence-electron chi connectivity index (χ3n) is 2.37. The highest BCUT2D eigenvalue weighted by molar-refractivity contribution is 7.93. The third kappa shape index (κ3) is 2.86. The van der Waals surface area contributed by atoms with Crippen LogP contribution in [-0.4, -0.2) is 34.3 Å². The lowest BCUT2D eigenvalue weighted by Crippen LogP contribution is -2.16. The van der Waals surface area contributed by atoms with Gasteiger partial charge in [-0.2, -0.15) is 0 Å². The number of benzene rings is 1. The van der Waals surface area contributed by atoms with Crippen molar-refractivity contribution in [2.45, 2.75) is 11.8 Å². The Bertz CT molecular complexity index is 761. The first kappa shape index (κ1) is 14.6. The summed E-state index contributed by atoms with van der Waals surface area (Å²) in [5, 5.41) is 15.7. The molecule has 1 aromatic carbocycles. The summed E-state index contributed by atoms with van der Waals surface area (Å²) in [5.41, 5.74) is -0.111. The minimum absolute atomic E-state index is 0.00348. The van der Waals surface area contributed by atoms with Gasteiger partial charge in [0, 0.05) is 16.6 Å². The summed E-state index contributed by atoms with van der Waals surface area (Å²) < 4.78 is 30.0. The van der Waals surface area contributed by atoms with E-state index < -0.39 is 16.0 Å². The van der Waals surface area contributed by atoms with Gasteiger partial charge in [0.15, 0.2) is 0 Å². The van der Waals surface area contributed by atoms with E-state index in [1.807, 2.05) is 0 Å². The molecule has 0 aliphatic carbocycles. The molecule has 2 N–H and O–H groups in total. The van der Waals surface area contributed by atoms with Gasteiger partial charge in [0.2, 0.25) is 5.13 Å². The summed E-state index contributed by atoms with van der Waals surface area (Å²) in [6.07, 6.45) is 0. The van der Waals surface area contributed by atoms with Gasteiger partial charge in [0.25, 0.3) is 10.0 Å². The summed E-state index contributed by atoms with van der Waals surface area (Å²) in [7, 11) is -4.02. The number of carboxylic acids is 1. The first-order chi connectivity index (χ1) is 9.31. The predicted octanol–water partition coefficient (Wildman–Crippen LogP) is 1.39. The highest BCUT2D eigenvalue weighted by Crippen LogP contribution is 2.26. The number of hydrogen-bond donors (Lipinski definition) is 2. The van der Waals surface area contributed by atoms with Gasteiger partial charge in [-0.05, 0) is 29.8 Å². The van der Waals surface area contributed by atoms with E-state index in [1.165, 1.54) is 19.1 Å². The molecule has 0 atom stereocenters. The molecule has 0 aliphatic rings. The number of sulfonamides is 1. The maximum Gasteiger partial charge on any atom is 0.336 e. The lowest BCUT2D eigenvalue weighted by molar-refractivity contribution is 0.0696. The largest absolute Gasteiger partial charge is 0.478 e. The van der Waals surface area contributed by atoms with E-state index >= 15 is 0 Å². The van der Waals surface area contributed by atoms with Gasteiger partial charge in [0.1, 0.15) is 0 Å². The van der Waals surface area contributed by atoms with E-state index in [9.17, 15) is 13.2 Å². The number of carbonyl (C=O) groups is 1. The Balaban J connectivity index is 2.54. The number of anilines is 1. The molecule has 0 aliphatic heterocycles. The number of nitrogens with one attached hydrogen (secondary N) is 1. The van der Waals surface area contributed by atoms with Crippen LogP contribution in [0.3, 0.4) is 0 Å². The Hall–Kier alpha value is -1.78. The maximum absolute atomic E-state index is 12.2. The van der Waals surface area contributed by atoms with E-state index in [-0.39, 0.29) is 26.2 Å². The minimum atomic E-state index is -4.02. The molecule has 20 heavy (non-hydrogen) atoms. The number of aromatic nitrogens is 3. The summed E-state index contributed by atoms with van der Waals surface area (Å²) in [4.78, 5) is 10.8. The van der Waals surface area contributed by atoms with Crippen LogP contribution < -0.4 is 4.72 Å². The first-order valence-electron chi connectivity index (χ1n) is 5.02. The summed E-state index contributed by atoms with van der Waals surface area (Å²) in [6, 6.07) is 2.35. The van der Waals surface area contributed by atoms with E-state index in [1.54, 1.807) is 0 Å². The van der Waals surface area contributed by atoms with Gasteiger partial charge < -0.3 is 5.11 Å². The van der Waals surface area contributed by atoms with Crippen molar-refractivity contribution in [2.24, 2.45) is 0 Å². The molecule has 2 rings (SSSR count). The standard InChI is InChI=1S/C9H7ClN4O4S2/c1-4-6(8(15)16)2-5(10)3-7(4)20(17,18)12-9-11-13-14-19-9/h2-3H,1H3,(H,15,16)(H,11,12,14). The van der Waals surface area contributed by atoms with Crippen LogP contribution >= 0.6 is 23.1 Å². The van der Waals surface area contributed by atoms with Gasteiger partial charge in [-0.25, -0.2) is 13.2 Å². The zero-order valence-electron chi connectivity index (χ0n) is 9.86. The Morgan fingerprint density at radius 1 is 1.45 bits per heavy atom. The molecule has 0 radical (unpaired) electrons.